The Bertz CT molecular complexity index is 987. The van der Waals surface area contributed by atoms with Crippen molar-refractivity contribution in [1.29, 1.82) is 0 Å². The number of halogens is 3. The third-order valence-electron chi connectivity index (χ3n) is 5.13. The van der Waals surface area contributed by atoms with E-state index in [2.05, 4.69) is 15.7 Å². The summed E-state index contributed by atoms with van der Waals surface area (Å²) in [7, 11) is 1.49. The molecule has 1 aromatic heterocycles. The summed E-state index contributed by atoms with van der Waals surface area (Å²) in [6.45, 7) is -0.0502. The molecule has 1 aliphatic rings. The van der Waals surface area contributed by atoms with Crippen LogP contribution in [0.4, 0.5) is 13.2 Å². The molecule has 0 bridgehead atoms. The highest BCUT2D eigenvalue weighted by Crippen LogP contribution is 2.29. The minimum atomic E-state index is -4.43. The minimum absolute atomic E-state index is 0.161. The van der Waals surface area contributed by atoms with Crippen molar-refractivity contribution in [2.45, 2.75) is 24.7 Å². The number of carbonyl (C=O) groups excluding carboxylic acids is 3. The van der Waals surface area contributed by atoms with Crippen LogP contribution < -0.4 is 10.6 Å². The quantitative estimate of drug-likeness (QED) is 0.655. The monoisotopic (exact) mass is 449 g/mol. The van der Waals surface area contributed by atoms with Crippen molar-refractivity contribution in [3.63, 3.8) is 0 Å². The number of benzene rings is 1. The van der Waals surface area contributed by atoms with Crippen LogP contribution in [-0.4, -0.2) is 58.6 Å². The molecular formula is C21H22F3N5O3. The maximum atomic E-state index is 12.7. The molecule has 1 aliphatic heterocycles. The molecule has 1 aromatic carbocycles. The van der Waals surface area contributed by atoms with Gasteiger partial charge in [0.15, 0.2) is 0 Å². The van der Waals surface area contributed by atoms with Gasteiger partial charge in [-0.2, -0.15) is 18.3 Å². The highest BCUT2D eigenvalue weighted by atomic mass is 19.4. The second kappa shape index (κ2) is 9.67. The van der Waals surface area contributed by atoms with Crippen LogP contribution >= 0.6 is 0 Å². The van der Waals surface area contributed by atoms with Crippen LogP contribution in [-0.2, 0) is 20.6 Å². The first-order chi connectivity index (χ1) is 15.2. The fourth-order valence-corrected chi connectivity index (χ4v) is 3.47. The molecule has 0 saturated carbocycles. The number of nitrogens with one attached hydrogen (secondary N) is 2. The molecule has 2 heterocycles. The number of aromatic nitrogens is 2. The molecule has 3 rings (SSSR count). The lowest BCUT2D eigenvalue weighted by Gasteiger charge is -2.23. The first kappa shape index (κ1) is 23.0. The second-order valence-corrected chi connectivity index (χ2v) is 7.22. The molecule has 0 aliphatic carbocycles. The van der Waals surface area contributed by atoms with Crippen LogP contribution in [0.2, 0.25) is 0 Å². The Hall–Kier alpha value is -3.63. The van der Waals surface area contributed by atoms with E-state index in [1.54, 1.807) is 23.1 Å². The Morgan fingerprint density at radius 2 is 1.94 bits per heavy atom. The highest BCUT2D eigenvalue weighted by Gasteiger charge is 2.40. The Labute approximate surface area is 182 Å². The number of alkyl halides is 3. The average molecular weight is 449 g/mol. The van der Waals surface area contributed by atoms with E-state index in [-0.39, 0.29) is 25.0 Å². The third-order valence-corrected chi connectivity index (χ3v) is 5.13. The van der Waals surface area contributed by atoms with Gasteiger partial charge in [0.2, 0.25) is 17.7 Å². The Morgan fingerprint density at radius 1 is 1.22 bits per heavy atom. The minimum Gasteiger partial charge on any atom is -0.357 e. The normalized spacial score (nSPS) is 18.7. The van der Waals surface area contributed by atoms with E-state index in [0.29, 0.717) is 12.0 Å². The van der Waals surface area contributed by atoms with Gasteiger partial charge in [-0.25, -0.2) is 0 Å². The van der Waals surface area contributed by atoms with Gasteiger partial charge in [0, 0.05) is 38.5 Å². The van der Waals surface area contributed by atoms with Gasteiger partial charge in [-0.1, -0.05) is 12.1 Å². The zero-order chi connectivity index (χ0) is 23.3. The van der Waals surface area contributed by atoms with E-state index in [1.807, 2.05) is 0 Å². The highest BCUT2D eigenvalue weighted by molar-refractivity contribution is 5.95. The molecule has 2 N–H and O–H groups in total. The lowest BCUT2D eigenvalue weighted by atomic mass is 10.1. The largest absolute Gasteiger partial charge is 0.416 e. The van der Waals surface area contributed by atoms with Gasteiger partial charge >= 0.3 is 6.18 Å². The van der Waals surface area contributed by atoms with Crippen molar-refractivity contribution in [3.05, 3.63) is 59.9 Å². The van der Waals surface area contributed by atoms with Gasteiger partial charge in [0.1, 0.15) is 6.04 Å². The molecule has 2 aromatic rings. The van der Waals surface area contributed by atoms with Crippen LogP contribution in [0.5, 0.6) is 0 Å². The summed E-state index contributed by atoms with van der Waals surface area (Å²) in [6.07, 6.45) is 1.81. The van der Waals surface area contributed by atoms with Crippen molar-refractivity contribution < 1.29 is 27.6 Å². The van der Waals surface area contributed by atoms with E-state index in [9.17, 15) is 27.6 Å². The van der Waals surface area contributed by atoms with Crippen LogP contribution in [0, 0.1) is 0 Å². The first-order valence-electron chi connectivity index (χ1n) is 9.82. The number of nitrogens with zero attached hydrogens (tertiary/aromatic N) is 3. The number of likely N-dealkylation sites (N-methyl/N-ethyl adjacent to an activating group) is 1. The summed E-state index contributed by atoms with van der Waals surface area (Å²) in [6, 6.07) is 5.24. The number of likely N-dealkylation sites (tertiary alicyclic amines) is 1. The van der Waals surface area contributed by atoms with Gasteiger partial charge in [-0.05, 0) is 29.8 Å². The number of rotatable bonds is 6. The SMILES string of the molecule is CNC(=O)[C@H]1C[C@H](n2cccn2)CN1C(=O)CNC(=O)/C=C/c1ccc(C(F)(F)F)cc1. The molecule has 2 atom stereocenters. The summed E-state index contributed by atoms with van der Waals surface area (Å²) < 4.78 is 39.5. The van der Waals surface area contributed by atoms with Crippen molar-refractivity contribution in [2.75, 3.05) is 20.1 Å². The molecule has 1 fully saturated rings. The van der Waals surface area contributed by atoms with Crippen LogP contribution in [0.3, 0.4) is 0 Å². The zero-order valence-corrected chi connectivity index (χ0v) is 17.2. The van der Waals surface area contributed by atoms with Gasteiger partial charge in [0.25, 0.3) is 0 Å². The van der Waals surface area contributed by atoms with Gasteiger partial charge in [-0.15, -0.1) is 0 Å². The average Bonchev–Trinajstić information content (AvgIpc) is 3.45. The molecule has 0 unspecified atom stereocenters. The van der Waals surface area contributed by atoms with Gasteiger partial charge in [0.05, 0.1) is 18.2 Å². The van der Waals surface area contributed by atoms with E-state index in [1.165, 1.54) is 30.2 Å². The first-order valence-corrected chi connectivity index (χ1v) is 9.82. The summed E-state index contributed by atoms with van der Waals surface area (Å²) >= 11 is 0. The predicted molar refractivity (Wildman–Crippen MR) is 109 cm³/mol. The lowest BCUT2D eigenvalue weighted by Crippen LogP contribution is -2.48. The van der Waals surface area contributed by atoms with E-state index in [0.717, 1.165) is 18.2 Å². The van der Waals surface area contributed by atoms with Crippen LogP contribution in [0.25, 0.3) is 6.08 Å². The molecule has 3 amide bonds. The Balaban J connectivity index is 1.57. The number of hydrogen-bond donors (Lipinski definition) is 2. The van der Waals surface area contributed by atoms with Crippen molar-refractivity contribution in [1.82, 2.24) is 25.3 Å². The maximum absolute atomic E-state index is 12.7. The van der Waals surface area contributed by atoms with E-state index < -0.39 is 29.6 Å². The lowest BCUT2D eigenvalue weighted by molar-refractivity contribution is -0.138. The fraction of sp³-hybridized carbons (Fsp3) is 0.333. The standard InChI is InChI=1S/C21H22F3N5O3/c1-25-20(32)17-11-16(29-10-2-9-27-29)13-28(17)19(31)12-26-18(30)8-5-14-3-6-15(7-4-14)21(22,23)24/h2-10,16-17H,11-13H2,1H3,(H,25,32)(H,26,30)/b8-5+/t16-,17+/m0/s1. The number of amides is 3. The van der Waals surface area contributed by atoms with Gasteiger partial charge in [-0.3, -0.25) is 19.1 Å². The van der Waals surface area contributed by atoms with Gasteiger partial charge < -0.3 is 15.5 Å². The summed E-state index contributed by atoms with van der Waals surface area (Å²) in [5.41, 5.74) is -0.379. The van der Waals surface area contributed by atoms with Crippen LogP contribution in [0.15, 0.2) is 48.8 Å². The Morgan fingerprint density at radius 3 is 2.53 bits per heavy atom. The molecule has 32 heavy (non-hydrogen) atoms. The smallest absolute Gasteiger partial charge is 0.357 e. The number of carbonyl (C=O) groups is 3. The molecule has 1 saturated heterocycles. The molecule has 0 radical (unpaired) electrons. The summed E-state index contributed by atoms with van der Waals surface area (Å²) in [4.78, 5) is 38.3. The second-order valence-electron chi connectivity index (χ2n) is 7.22. The summed E-state index contributed by atoms with van der Waals surface area (Å²) in [5, 5.41) is 9.15. The molecule has 0 spiro atoms. The summed E-state index contributed by atoms with van der Waals surface area (Å²) in [5.74, 6) is -1.32. The topological polar surface area (TPSA) is 96.3 Å². The Kier molecular flexibility index (Phi) is 6.96. The number of hydrogen-bond acceptors (Lipinski definition) is 4. The third kappa shape index (κ3) is 5.54. The molecule has 170 valence electrons. The molecular weight excluding hydrogens is 427 g/mol. The van der Waals surface area contributed by atoms with Crippen molar-refractivity contribution in [3.8, 4) is 0 Å². The van der Waals surface area contributed by atoms with Crippen LogP contribution in [0.1, 0.15) is 23.6 Å². The molecule has 11 heteroatoms. The van der Waals surface area contributed by atoms with E-state index in [4.69, 9.17) is 0 Å². The maximum Gasteiger partial charge on any atom is 0.416 e. The predicted octanol–water partition coefficient (Wildman–Crippen LogP) is 1.62. The molecule has 8 nitrogen and oxygen atoms in total. The van der Waals surface area contributed by atoms with Crippen molar-refractivity contribution in [2.24, 2.45) is 0 Å². The van der Waals surface area contributed by atoms with Crippen molar-refractivity contribution >= 4 is 23.8 Å². The fourth-order valence-electron chi connectivity index (χ4n) is 3.47. The van der Waals surface area contributed by atoms with E-state index >= 15 is 0 Å². The zero-order valence-electron chi connectivity index (χ0n) is 17.2.